The van der Waals surface area contributed by atoms with Gasteiger partial charge in [-0.25, -0.2) is 0 Å². The van der Waals surface area contributed by atoms with Gasteiger partial charge in [-0.1, -0.05) is 0 Å². The van der Waals surface area contributed by atoms with Gasteiger partial charge in [-0.05, 0) is 12.8 Å². The Bertz CT molecular complexity index is 586. The van der Waals surface area contributed by atoms with Gasteiger partial charge in [0.2, 0.25) is 0 Å². The number of hydrogen-bond donors (Lipinski definition) is 2. The molecule has 2 rings (SSSR count). The lowest BCUT2D eigenvalue weighted by Gasteiger charge is -2.11. The summed E-state index contributed by atoms with van der Waals surface area (Å²) in [7, 11) is 0. The molecule has 0 saturated carbocycles. The summed E-state index contributed by atoms with van der Waals surface area (Å²) in [5.74, 6) is -3.31. The lowest BCUT2D eigenvalue weighted by atomic mass is 10.3. The van der Waals surface area contributed by atoms with Crippen molar-refractivity contribution in [3.05, 3.63) is 24.3 Å². The number of carbonyl (C=O) groups is 6. The van der Waals surface area contributed by atoms with Gasteiger partial charge in [0.1, 0.15) is 0 Å². The molecule has 0 fully saturated rings. The Labute approximate surface area is 148 Å². The van der Waals surface area contributed by atoms with Crippen LogP contribution in [0.15, 0.2) is 24.3 Å². The molecule has 0 unspecified atom stereocenters. The third-order valence-corrected chi connectivity index (χ3v) is 3.35. The topological polar surface area (TPSA) is 149 Å². The molecule has 0 aromatic rings. The van der Waals surface area contributed by atoms with Crippen LogP contribution in [0, 0.1) is 0 Å². The van der Waals surface area contributed by atoms with E-state index in [-0.39, 0.29) is 49.6 Å². The zero-order valence-electron chi connectivity index (χ0n) is 13.8. The Morgan fingerprint density at radius 3 is 1.15 bits per heavy atom. The molecule has 0 spiro atoms. The van der Waals surface area contributed by atoms with Crippen LogP contribution < -0.4 is 0 Å². The largest absolute Gasteiger partial charge is 0.481 e. The molecule has 0 bridgehead atoms. The van der Waals surface area contributed by atoms with Crippen molar-refractivity contribution in [2.45, 2.75) is 25.7 Å². The number of amides is 4. The van der Waals surface area contributed by atoms with Gasteiger partial charge in [0.25, 0.3) is 23.6 Å². The molecule has 0 saturated heterocycles. The summed E-state index contributed by atoms with van der Waals surface area (Å²) < 4.78 is 0. The second-order valence-corrected chi connectivity index (χ2v) is 5.32. The molecular weight excluding hydrogens is 348 g/mol. The van der Waals surface area contributed by atoms with E-state index in [1.165, 1.54) is 24.3 Å². The van der Waals surface area contributed by atoms with Crippen LogP contribution >= 0.6 is 0 Å². The highest BCUT2D eigenvalue weighted by Crippen LogP contribution is 2.06. The number of rotatable bonds is 8. The maximum absolute atomic E-state index is 10.9. The van der Waals surface area contributed by atoms with Crippen LogP contribution in [0.3, 0.4) is 0 Å². The van der Waals surface area contributed by atoms with E-state index in [4.69, 9.17) is 10.2 Å². The highest BCUT2D eigenvalue weighted by molar-refractivity contribution is 6.13. The number of carboxylic acids is 2. The normalized spacial score (nSPS) is 15.5. The molecule has 0 aromatic heterocycles. The SMILES string of the molecule is O=C(O)CCCN1C(=O)C=CC1=O.O=C(O)CCCN1C(=O)C=CC1=O. The maximum atomic E-state index is 10.9. The fraction of sp³-hybridized carbons (Fsp3) is 0.375. The summed E-state index contributed by atoms with van der Waals surface area (Å²) in [4.78, 5) is 66.1. The highest BCUT2D eigenvalue weighted by Gasteiger charge is 2.23. The molecule has 10 nitrogen and oxygen atoms in total. The van der Waals surface area contributed by atoms with Gasteiger partial charge in [-0.15, -0.1) is 0 Å². The van der Waals surface area contributed by atoms with Crippen molar-refractivity contribution in [3.8, 4) is 0 Å². The van der Waals surface area contributed by atoms with Crippen molar-refractivity contribution >= 4 is 35.6 Å². The molecule has 26 heavy (non-hydrogen) atoms. The Morgan fingerprint density at radius 2 is 0.923 bits per heavy atom. The van der Waals surface area contributed by atoms with E-state index < -0.39 is 11.9 Å². The highest BCUT2D eigenvalue weighted by atomic mass is 16.4. The minimum atomic E-state index is -0.924. The average Bonchev–Trinajstić information content (AvgIpc) is 3.04. The molecular formula is C16H18N2O8. The first-order valence-electron chi connectivity index (χ1n) is 7.73. The zero-order chi connectivity index (χ0) is 19.7. The van der Waals surface area contributed by atoms with Crippen molar-refractivity contribution < 1.29 is 39.0 Å². The monoisotopic (exact) mass is 366 g/mol. The van der Waals surface area contributed by atoms with Crippen LogP contribution in [-0.4, -0.2) is 68.7 Å². The van der Waals surface area contributed by atoms with Crippen molar-refractivity contribution in [2.24, 2.45) is 0 Å². The fourth-order valence-corrected chi connectivity index (χ4v) is 2.08. The predicted molar refractivity (Wildman–Crippen MR) is 85.5 cm³/mol. The van der Waals surface area contributed by atoms with E-state index in [0.717, 1.165) is 9.80 Å². The summed E-state index contributed by atoms with van der Waals surface area (Å²) >= 11 is 0. The summed E-state index contributed by atoms with van der Waals surface area (Å²) in [5.41, 5.74) is 0. The molecule has 140 valence electrons. The molecule has 4 amide bonds. The summed E-state index contributed by atoms with van der Waals surface area (Å²) in [5, 5.41) is 16.6. The van der Waals surface area contributed by atoms with Gasteiger partial charge in [0.15, 0.2) is 0 Å². The van der Waals surface area contributed by atoms with Crippen LogP contribution in [0.25, 0.3) is 0 Å². The Kier molecular flexibility index (Phi) is 7.87. The fourth-order valence-electron chi connectivity index (χ4n) is 2.08. The van der Waals surface area contributed by atoms with Crippen LogP contribution in [0.2, 0.25) is 0 Å². The summed E-state index contributed by atoms with van der Waals surface area (Å²) in [6, 6.07) is 0. The lowest BCUT2D eigenvalue weighted by molar-refractivity contribution is -0.140. The summed E-state index contributed by atoms with van der Waals surface area (Å²) in [6.07, 6.45) is 5.27. The van der Waals surface area contributed by atoms with Crippen LogP contribution in [0.5, 0.6) is 0 Å². The number of carbonyl (C=O) groups excluding carboxylic acids is 4. The maximum Gasteiger partial charge on any atom is 0.303 e. The molecule has 0 aromatic carbocycles. The Balaban J connectivity index is 0.000000260. The molecule has 2 N–H and O–H groups in total. The second-order valence-electron chi connectivity index (χ2n) is 5.32. The third kappa shape index (κ3) is 6.67. The van der Waals surface area contributed by atoms with Crippen molar-refractivity contribution in [3.63, 3.8) is 0 Å². The standard InChI is InChI=1S/2C8H9NO4/c2*10-6-3-4-7(11)9(6)5-1-2-8(12)13/h2*3-4H,1-2,5H2,(H,12,13). The van der Waals surface area contributed by atoms with Crippen LogP contribution in [-0.2, 0) is 28.8 Å². The number of imide groups is 2. The Morgan fingerprint density at radius 1 is 0.654 bits per heavy atom. The second kappa shape index (κ2) is 9.87. The quantitative estimate of drug-likeness (QED) is 0.549. The van der Waals surface area contributed by atoms with E-state index in [9.17, 15) is 28.8 Å². The van der Waals surface area contributed by atoms with E-state index in [1.54, 1.807) is 0 Å². The number of hydrogen-bond acceptors (Lipinski definition) is 6. The zero-order valence-corrected chi connectivity index (χ0v) is 13.8. The predicted octanol–water partition coefficient (Wildman–Crippen LogP) is -0.448. The smallest absolute Gasteiger partial charge is 0.303 e. The van der Waals surface area contributed by atoms with Gasteiger partial charge in [-0.3, -0.25) is 38.6 Å². The first-order chi connectivity index (χ1) is 12.2. The van der Waals surface area contributed by atoms with E-state index in [2.05, 4.69) is 0 Å². The van der Waals surface area contributed by atoms with Gasteiger partial charge >= 0.3 is 11.9 Å². The van der Waals surface area contributed by atoms with E-state index in [1.807, 2.05) is 0 Å². The molecule has 10 heteroatoms. The van der Waals surface area contributed by atoms with Crippen molar-refractivity contribution in [1.29, 1.82) is 0 Å². The number of aliphatic carboxylic acids is 2. The van der Waals surface area contributed by atoms with E-state index in [0.29, 0.717) is 12.8 Å². The Hall–Kier alpha value is -3.30. The average molecular weight is 366 g/mol. The van der Waals surface area contributed by atoms with E-state index >= 15 is 0 Å². The first-order valence-corrected chi connectivity index (χ1v) is 7.73. The molecule has 2 aliphatic rings. The number of carboxylic acid groups (broad SMARTS) is 2. The lowest BCUT2D eigenvalue weighted by Crippen LogP contribution is -2.31. The third-order valence-electron chi connectivity index (χ3n) is 3.35. The minimum absolute atomic E-state index is 0.0307. The molecule has 0 atom stereocenters. The van der Waals surface area contributed by atoms with Crippen molar-refractivity contribution in [2.75, 3.05) is 13.1 Å². The van der Waals surface area contributed by atoms with Gasteiger partial charge in [0.05, 0.1) is 0 Å². The number of nitrogens with zero attached hydrogens (tertiary/aromatic N) is 2. The van der Waals surface area contributed by atoms with Crippen molar-refractivity contribution in [1.82, 2.24) is 9.80 Å². The first kappa shape index (κ1) is 20.7. The van der Waals surface area contributed by atoms with Gasteiger partial charge in [-0.2, -0.15) is 0 Å². The molecule has 0 radical (unpaired) electrons. The molecule has 2 heterocycles. The molecule has 0 aliphatic carbocycles. The minimum Gasteiger partial charge on any atom is -0.481 e. The van der Waals surface area contributed by atoms with Crippen LogP contribution in [0.4, 0.5) is 0 Å². The molecule has 2 aliphatic heterocycles. The van der Waals surface area contributed by atoms with Gasteiger partial charge < -0.3 is 10.2 Å². The summed E-state index contributed by atoms with van der Waals surface area (Å²) in [6.45, 7) is 0.355. The van der Waals surface area contributed by atoms with Crippen LogP contribution in [0.1, 0.15) is 25.7 Å². The van der Waals surface area contributed by atoms with Gasteiger partial charge in [0, 0.05) is 50.2 Å².